The largest absolute Gasteiger partial charge is 0.443 e. The predicted molar refractivity (Wildman–Crippen MR) is 387 cm³/mol. The van der Waals surface area contributed by atoms with Crippen molar-refractivity contribution < 1.29 is 47.7 Å². The third-order valence-corrected chi connectivity index (χ3v) is 17.8. The van der Waals surface area contributed by atoms with Gasteiger partial charge in [-0.3, -0.25) is 19.5 Å². The van der Waals surface area contributed by atoms with Crippen molar-refractivity contribution >= 4 is 138 Å². The van der Waals surface area contributed by atoms with E-state index in [1.165, 1.54) is 41.5 Å². The molecule has 0 radical (unpaired) electrons. The van der Waals surface area contributed by atoms with E-state index in [1.807, 2.05) is 54.7 Å². The summed E-state index contributed by atoms with van der Waals surface area (Å²) >= 11 is 21.2. The van der Waals surface area contributed by atoms with Crippen molar-refractivity contribution in [3.05, 3.63) is 169 Å². The maximum Gasteiger partial charge on any atom is 0.425 e. The highest BCUT2D eigenvalue weighted by Gasteiger charge is 2.37. The van der Waals surface area contributed by atoms with E-state index >= 15 is 0 Å². The minimum atomic E-state index is -0.899. The Balaban J connectivity index is 0.000000215. The van der Waals surface area contributed by atoms with Crippen molar-refractivity contribution in [2.45, 2.75) is 156 Å². The van der Waals surface area contributed by atoms with Gasteiger partial charge in [0.25, 0.3) is 11.8 Å². The molecule has 0 bridgehead atoms. The Labute approximate surface area is 589 Å². The number of pyridine rings is 3. The van der Waals surface area contributed by atoms with Crippen LogP contribution in [0.25, 0.3) is 21.5 Å². The highest BCUT2D eigenvalue weighted by Crippen LogP contribution is 2.34. The molecule has 2 aliphatic rings. The minimum absolute atomic E-state index is 0.0819. The van der Waals surface area contributed by atoms with E-state index in [-0.39, 0.29) is 42.4 Å². The second-order valence-corrected chi connectivity index (χ2v) is 30.4. The van der Waals surface area contributed by atoms with Crippen LogP contribution < -0.4 is 36.4 Å². The average molecular weight is 1420 g/mol. The first-order valence-electron chi connectivity index (χ1n) is 31.7. The summed E-state index contributed by atoms with van der Waals surface area (Å²) in [6.45, 7) is 25.8. The van der Waals surface area contributed by atoms with Crippen molar-refractivity contribution in [2.75, 3.05) is 46.6 Å². The molecule has 3 aromatic carbocycles. The number of hydrogen-bond donors (Lipinski definition) is 5. The lowest BCUT2D eigenvalue weighted by Crippen LogP contribution is -2.44. The van der Waals surface area contributed by atoms with E-state index in [0.717, 1.165) is 80.0 Å². The van der Waals surface area contributed by atoms with Crippen LogP contribution in [0.1, 0.15) is 136 Å². The molecule has 0 spiro atoms. The normalized spacial score (nSPS) is 14.8. The molecule has 2 atom stereocenters. The van der Waals surface area contributed by atoms with Crippen LogP contribution >= 0.6 is 57.5 Å². The number of ether oxygens (including phenoxy) is 4. The van der Waals surface area contributed by atoms with Crippen molar-refractivity contribution in [1.29, 1.82) is 0 Å². The van der Waals surface area contributed by atoms with Gasteiger partial charge in [0.1, 0.15) is 22.4 Å². The quantitative estimate of drug-likeness (QED) is 0.0473. The first kappa shape index (κ1) is 74.6. The highest BCUT2D eigenvalue weighted by atomic mass is 35.5. The minimum Gasteiger partial charge on any atom is -0.443 e. The Morgan fingerprint density at radius 3 is 1.46 bits per heavy atom. The number of amides is 6. The number of nitrogens with one attached hydrogen (secondary N) is 5. The zero-order valence-corrected chi connectivity index (χ0v) is 60.5. The molecule has 5 N–H and O–H groups in total. The Bertz CT molecular complexity index is 4000. The van der Waals surface area contributed by atoms with Crippen LogP contribution in [-0.4, -0.2) is 117 Å². The molecule has 10 rings (SSSR count). The second-order valence-electron chi connectivity index (χ2n) is 27.0. The van der Waals surface area contributed by atoms with Gasteiger partial charge in [0.05, 0.1) is 31.4 Å². The lowest BCUT2D eigenvalue weighted by atomic mass is 10.1. The number of aromatic nitrogens is 3. The molecule has 2 saturated heterocycles. The van der Waals surface area contributed by atoms with Crippen LogP contribution in [0, 0.1) is 0 Å². The summed E-state index contributed by atoms with van der Waals surface area (Å²) in [6.07, 6.45) is 5.30. The molecular weight excluding hydrogens is 1340 g/mol. The Morgan fingerprint density at radius 1 is 0.567 bits per heavy atom. The van der Waals surface area contributed by atoms with E-state index < -0.39 is 46.8 Å². The maximum atomic E-state index is 13.2. The summed E-state index contributed by atoms with van der Waals surface area (Å²) in [6, 6.07) is 32.8. The molecule has 26 heteroatoms. The van der Waals surface area contributed by atoms with E-state index in [2.05, 4.69) is 58.6 Å². The van der Waals surface area contributed by atoms with E-state index in [9.17, 15) is 28.8 Å². The molecular formula is C71H84Cl3N11O10S2. The fourth-order valence-corrected chi connectivity index (χ4v) is 12.9. The van der Waals surface area contributed by atoms with Crippen molar-refractivity contribution in [1.82, 2.24) is 35.8 Å². The SMILES string of the molecule is CC(C)(C)OC(=O)N(C(=O)OC(C)(C)C)c1nccc2cc(CNC(=O)c3cc(Cl)c(CCl)s3)ccc12.CC(C)(C)OC(=O)N(C(=O)OC(C)(C)C)c1nccc2cc(CNC(=O)c3cc(Cl)c(CN4CC[C@@H](Nc5ccccc5)C4)s3)ccc12.c1cncc(N[C@@H]2CCNC2)c1. The fourth-order valence-electron chi connectivity index (χ4n) is 10.0. The van der Waals surface area contributed by atoms with Gasteiger partial charge in [-0.15, -0.1) is 34.3 Å². The third-order valence-electron chi connectivity index (χ3n) is 14.2. The Kier molecular flexibility index (Phi) is 25.3. The fraction of sp³-hybridized carbons (Fsp3) is 0.394. The molecule has 0 aliphatic carbocycles. The van der Waals surface area contributed by atoms with Gasteiger partial charge < -0.3 is 45.5 Å². The number of thiophene rings is 2. The first-order valence-corrected chi connectivity index (χ1v) is 34.6. The summed E-state index contributed by atoms with van der Waals surface area (Å²) in [4.78, 5) is 97.7. The molecule has 2 aliphatic heterocycles. The molecule has 8 aromatic rings. The smallest absolute Gasteiger partial charge is 0.425 e. The van der Waals surface area contributed by atoms with Crippen LogP contribution in [0.5, 0.6) is 0 Å². The van der Waals surface area contributed by atoms with E-state index in [4.69, 9.17) is 53.8 Å². The van der Waals surface area contributed by atoms with E-state index in [0.29, 0.717) is 54.6 Å². The van der Waals surface area contributed by atoms with Crippen molar-refractivity contribution in [3.8, 4) is 0 Å². The number of anilines is 4. The third kappa shape index (κ3) is 22.4. The standard InChI is InChI=1S/C36H42ClN5O5S.C26H29Cl2N3O5S.C9H13N3/c1-35(2,3)46-33(44)42(34(45)47-36(4,5)6)31-27-13-12-23(18-24(27)14-16-38-31)20-39-32(43)29-19-28(37)30(48-29)22-41-17-15-26(21-41)40-25-10-8-7-9-11-25;1-25(2,3)35-23(33)31(24(34)36-26(4,5)6)21-17-8-7-15(11-16(17)9-10-29-21)14-30-22(32)19-12-18(28)20(13-27)37-19;1-2-8(6-10-4-1)12-9-3-5-11-7-9/h7-14,16,18-19,26,40H,15,17,20-22H2,1-6H3,(H,39,43);7-12H,13-14H2,1-6H3,(H,30,32);1-2,4,6,9,11-12H,3,5,7H2/t26-;;9-/m1.1/s1. The maximum absolute atomic E-state index is 13.2. The summed E-state index contributed by atoms with van der Waals surface area (Å²) in [5, 5.41) is 19.7. The number of carbonyl (C=O) groups is 6. The van der Waals surface area contributed by atoms with Gasteiger partial charge >= 0.3 is 24.4 Å². The zero-order chi connectivity index (χ0) is 70.4. The number of benzene rings is 3. The lowest BCUT2D eigenvalue weighted by molar-refractivity contribution is 0.0407. The number of likely N-dealkylation sites (tertiary alicyclic amines) is 1. The lowest BCUT2D eigenvalue weighted by Gasteiger charge is -2.28. The van der Waals surface area contributed by atoms with Gasteiger partial charge in [0.15, 0.2) is 11.6 Å². The molecule has 21 nitrogen and oxygen atoms in total. The monoisotopic (exact) mass is 1420 g/mol. The van der Waals surface area contributed by atoms with Gasteiger partial charge in [-0.2, -0.15) is 9.80 Å². The van der Waals surface area contributed by atoms with Gasteiger partial charge in [0.2, 0.25) is 0 Å². The number of imide groups is 2. The van der Waals surface area contributed by atoms with Gasteiger partial charge in [-0.05, 0) is 185 Å². The Hall–Kier alpha value is -8.16. The molecule has 0 unspecified atom stereocenters. The summed E-state index contributed by atoms with van der Waals surface area (Å²) in [7, 11) is 0. The highest BCUT2D eigenvalue weighted by molar-refractivity contribution is 7.15. The molecule has 2 fully saturated rings. The molecule has 0 saturated carbocycles. The number of rotatable bonds is 15. The first-order chi connectivity index (χ1) is 45.8. The second kappa shape index (κ2) is 32.9. The van der Waals surface area contributed by atoms with Crippen molar-refractivity contribution in [3.63, 3.8) is 0 Å². The van der Waals surface area contributed by atoms with Crippen LogP contribution in [0.4, 0.5) is 42.2 Å². The number of hydrogen-bond acceptors (Lipinski definition) is 19. The number of fused-ring (bicyclic) bond motifs is 2. The topological polar surface area (TPSA) is 248 Å². The summed E-state index contributed by atoms with van der Waals surface area (Å²) < 4.78 is 22.0. The molecule has 516 valence electrons. The summed E-state index contributed by atoms with van der Waals surface area (Å²) in [5.41, 5.74) is 0.479. The van der Waals surface area contributed by atoms with Crippen LogP contribution in [0.3, 0.4) is 0 Å². The average Bonchev–Trinajstić information content (AvgIpc) is 0.993. The molecule has 6 amide bonds. The van der Waals surface area contributed by atoms with Crippen LogP contribution in [-0.2, 0) is 44.5 Å². The molecule has 7 heterocycles. The van der Waals surface area contributed by atoms with Gasteiger partial charge in [-0.1, -0.05) is 65.7 Å². The number of carbonyl (C=O) groups excluding carboxylic acids is 6. The van der Waals surface area contributed by atoms with Crippen LogP contribution in [0.15, 0.2) is 128 Å². The van der Waals surface area contributed by atoms with Crippen molar-refractivity contribution in [2.24, 2.45) is 0 Å². The van der Waals surface area contributed by atoms with E-state index in [1.54, 1.807) is 132 Å². The summed E-state index contributed by atoms with van der Waals surface area (Å²) in [5.74, 6) is -0.0676. The molecule has 5 aromatic heterocycles. The van der Waals surface area contributed by atoms with Crippen LogP contribution in [0.2, 0.25) is 10.0 Å². The molecule has 97 heavy (non-hydrogen) atoms. The number of nitrogens with zero attached hydrogens (tertiary/aromatic N) is 6. The number of alkyl halides is 1. The van der Waals surface area contributed by atoms with Gasteiger partial charge in [0, 0.05) is 102 Å². The predicted octanol–water partition coefficient (Wildman–Crippen LogP) is 16.4. The number of halogens is 3. The zero-order valence-electron chi connectivity index (χ0n) is 56.6. The van der Waals surface area contributed by atoms with Gasteiger partial charge in [-0.25, -0.2) is 29.1 Å². The number of para-hydroxylation sites is 1. The Morgan fingerprint density at radius 2 is 1.03 bits per heavy atom.